The first-order chi connectivity index (χ1) is 11.1. The third-order valence-electron chi connectivity index (χ3n) is 3.47. The third-order valence-corrected chi connectivity index (χ3v) is 3.70. The Morgan fingerprint density at radius 3 is 2.61 bits per heavy atom. The van der Waals surface area contributed by atoms with Crippen molar-refractivity contribution in [2.24, 2.45) is 5.10 Å². The number of hydrogen-bond donors (Lipinski definition) is 0. The molecule has 1 heterocycles. The molecule has 112 valence electrons. The zero-order valence-corrected chi connectivity index (χ0v) is 13.1. The van der Waals surface area contributed by atoms with Gasteiger partial charge in [-0.2, -0.15) is 15.4 Å². The minimum absolute atomic E-state index is 0.200. The van der Waals surface area contributed by atoms with E-state index in [1.165, 1.54) is 5.01 Å². The predicted octanol–water partition coefficient (Wildman–Crippen LogP) is 4.02. The van der Waals surface area contributed by atoms with Crippen molar-refractivity contribution in [2.45, 2.75) is 6.92 Å². The van der Waals surface area contributed by atoms with Gasteiger partial charge in [0.25, 0.3) is 5.91 Å². The maximum atomic E-state index is 12.6. The SMILES string of the molecule is CC1=NN(c2cccc(Cl)c2)C(=O)/C1=C\c1ccc(C#N)cc1. The summed E-state index contributed by atoms with van der Waals surface area (Å²) in [6.07, 6.45) is 1.77. The number of halogens is 1. The fourth-order valence-electron chi connectivity index (χ4n) is 2.29. The molecule has 0 N–H and O–H groups in total. The highest BCUT2D eigenvalue weighted by molar-refractivity contribution is 6.33. The van der Waals surface area contributed by atoms with E-state index in [0.29, 0.717) is 27.6 Å². The molecule has 1 amide bonds. The van der Waals surface area contributed by atoms with Gasteiger partial charge in [0.2, 0.25) is 0 Å². The molecule has 1 aliphatic heterocycles. The molecule has 0 aromatic heterocycles. The first-order valence-corrected chi connectivity index (χ1v) is 7.34. The van der Waals surface area contributed by atoms with Crippen LogP contribution >= 0.6 is 11.6 Å². The summed E-state index contributed by atoms with van der Waals surface area (Å²) in [7, 11) is 0. The summed E-state index contributed by atoms with van der Waals surface area (Å²) in [4.78, 5) is 12.6. The van der Waals surface area contributed by atoms with Gasteiger partial charge in [-0.1, -0.05) is 29.8 Å². The second-order valence-corrected chi connectivity index (χ2v) is 5.51. The van der Waals surface area contributed by atoms with Crippen LogP contribution in [0.4, 0.5) is 5.69 Å². The van der Waals surface area contributed by atoms with Crippen LogP contribution in [0.2, 0.25) is 5.02 Å². The summed E-state index contributed by atoms with van der Waals surface area (Å²) in [6.45, 7) is 1.79. The Kier molecular flexibility index (Phi) is 3.96. The molecule has 0 saturated heterocycles. The van der Waals surface area contributed by atoms with Gasteiger partial charge in [0.1, 0.15) is 0 Å². The first-order valence-electron chi connectivity index (χ1n) is 6.96. The van der Waals surface area contributed by atoms with Crippen molar-refractivity contribution in [3.63, 3.8) is 0 Å². The van der Waals surface area contributed by atoms with Crippen LogP contribution in [-0.2, 0) is 4.79 Å². The van der Waals surface area contributed by atoms with Gasteiger partial charge in [0, 0.05) is 5.02 Å². The van der Waals surface area contributed by atoms with E-state index in [0.717, 1.165) is 5.56 Å². The van der Waals surface area contributed by atoms with Crippen molar-refractivity contribution in [3.05, 3.63) is 70.3 Å². The molecular formula is C18H12ClN3O. The number of hydrazone groups is 1. The van der Waals surface area contributed by atoms with Crippen molar-refractivity contribution in [1.82, 2.24) is 0 Å². The van der Waals surface area contributed by atoms with E-state index < -0.39 is 0 Å². The number of anilines is 1. The number of benzene rings is 2. The predicted molar refractivity (Wildman–Crippen MR) is 91.2 cm³/mol. The van der Waals surface area contributed by atoms with Crippen LogP contribution in [0.5, 0.6) is 0 Å². The molecule has 4 nitrogen and oxygen atoms in total. The van der Waals surface area contributed by atoms with E-state index >= 15 is 0 Å². The van der Waals surface area contributed by atoms with Gasteiger partial charge in [-0.3, -0.25) is 4.79 Å². The molecule has 0 bridgehead atoms. The van der Waals surface area contributed by atoms with E-state index in [1.807, 2.05) is 0 Å². The van der Waals surface area contributed by atoms with Gasteiger partial charge in [-0.25, -0.2) is 0 Å². The van der Waals surface area contributed by atoms with E-state index in [1.54, 1.807) is 61.5 Å². The molecule has 0 unspecified atom stereocenters. The Labute approximate surface area is 138 Å². The molecule has 0 spiro atoms. The Bertz CT molecular complexity index is 876. The normalized spacial score (nSPS) is 15.7. The summed E-state index contributed by atoms with van der Waals surface area (Å²) in [5.74, 6) is -0.200. The smallest absolute Gasteiger partial charge is 0.267 e. The molecule has 0 atom stereocenters. The van der Waals surface area contributed by atoms with Crippen LogP contribution in [-0.4, -0.2) is 11.6 Å². The minimum atomic E-state index is -0.200. The van der Waals surface area contributed by atoms with Crippen molar-refractivity contribution in [3.8, 4) is 6.07 Å². The fourth-order valence-corrected chi connectivity index (χ4v) is 2.47. The highest BCUT2D eigenvalue weighted by Crippen LogP contribution is 2.26. The molecule has 5 heteroatoms. The lowest BCUT2D eigenvalue weighted by molar-refractivity contribution is -0.114. The lowest BCUT2D eigenvalue weighted by Crippen LogP contribution is -2.21. The van der Waals surface area contributed by atoms with Crippen LogP contribution in [0.1, 0.15) is 18.1 Å². The molecule has 0 fully saturated rings. The van der Waals surface area contributed by atoms with E-state index in [4.69, 9.17) is 16.9 Å². The van der Waals surface area contributed by atoms with Crippen LogP contribution in [0.3, 0.4) is 0 Å². The van der Waals surface area contributed by atoms with Gasteiger partial charge in [0.15, 0.2) is 0 Å². The maximum Gasteiger partial charge on any atom is 0.280 e. The minimum Gasteiger partial charge on any atom is -0.267 e. The lowest BCUT2D eigenvalue weighted by Gasteiger charge is -2.11. The zero-order chi connectivity index (χ0) is 16.4. The van der Waals surface area contributed by atoms with Crippen molar-refractivity contribution in [2.75, 3.05) is 5.01 Å². The molecule has 23 heavy (non-hydrogen) atoms. The van der Waals surface area contributed by atoms with Crippen molar-refractivity contribution < 1.29 is 4.79 Å². The highest BCUT2D eigenvalue weighted by atomic mass is 35.5. The second-order valence-electron chi connectivity index (χ2n) is 5.07. The van der Waals surface area contributed by atoms with Gasteiger partial charge in [0.05, 0.1) is 28.6 Å². The van der Waals surface area contributed by atoms with Crippen molar-refractivity contribution in [1.29, 1.82) is 5.26 Å². The Hall–Kier alpha value is -2.90. The number of hydrogen-bond acceptors (Lipinski definition) is 3. The number of nitriles is 1. The monoisotopic (exact) mass is 321 g/mol. The Morgan fingerprint density at radius 1 is 1.22 bits per heavy atom. The maximum absolute atomic E-state index is 12.6. The van der Waals surface area contributed by atoms with E-state index in [9.17, 15) is 4.79 Å². The largest absolute Gasteiger partial charge is 0.280 e. The van der Waals surface area contributed by atoms with Crippen LogP contribution in [0.25, 0.3) is 6.08 Å². The second kappa shape index (κ2) is 6.07. The lowest BCUT2D eigenvalue weighted by atomic mass is 10.1. The van der Waals surface area contributed by atoms with E-state index in [-0.39, 0.29) is 5.91 Å². The average molecular weight is 322 g/mol. The molecule has 1 aliphatic rings. The number of carbonyl (C=O) groups is 1. The molecular weight excluding hydrogens is 310 g/mol. The third kappa shape index (κ3) is 3.01. The fraction of sp³-hybridized carbons (Fsp3) is 0.0556. The summed E-state index contributed by atoms with van der Waals surface area (Å²) in [5, 5.41) is 15.0. The molecule has 0 saturated carbocycles. The molecule has 0 aliphatic carbocycles. The number of nitrogens with zero attached hydrogens (tertiary/aromatic N) is 3. The summed E-state index contributed by atoms with van der Waals surface area (Å²) in [6, 6.07) is 16.1. The summed E-state index contributed by atoms with van der Waals surface area (Å²) >= 11 is 5.97. The van der Waals surface area contributed by atoms with Crippen LogP contribution < -0.4 is 5.01 Å². The highest BCUT2D eigenvalue weighted by Gasteiger charge is 2.28. The van der Waals surface area contributed by atoms with Gasteiger partial charge < -0.3 is 0 Å². The van der Waals surface area contributed by atoms with Crippen LogP contribution in [0, 0.1) is 11.3 Å². The van der Waals surface area contributed by atoms with E-state index in [2.05, 4.69) is 11.2 Å². The Balaban J connectivity index is 1.93. The molecule has 0 radical (unpaired) electrons. The Morgan fingerprint density at radius 2 is 1.96 bits per heavy atom. The zero-order valence-electron chi connectivity index (χ0n) is 12.3. The number of rotatable bonds is 2. The number of amides is 1. The number of carbonyl (C=O) groups excluding carboxylic acids is 1. The summed E-state index contributed by atoms with van der Waals surface area (Å²) < 4.78 is 0. The average Bonchev–Trinajstić information content (AvgIpc) is 2.84. The first kappa shape index (κ1) is 15.0. The quantitative estimate of drug-likeness (QED) is 0.784. The van der Waals surface area contributed by atoms with Gasteiger partial charge in [-0.05, 0) is 48.9 Å². The molecule has 2 aromatic carbocycles. The van der Waals surface area contributed by atoms with Crippen molar-refractivity contribution >= 4 is 35.0 Å². The van der Waals surface area contributed by atoms with Gasteiger partial charge >= 0.3 is 0 Å². The topological polar surface area (TPSA) is 56.5 Å². The summed E-state index contributed by atoms with van der Waals surface area (Å²) in [5.41, 5.74) is 3.21. The standard InChI is InChI=1S/C18H12ClN3O/c1-12-17(9-13-5-7-14(11-20)8-6-13)18(23)22(21-12)16-4-2-3-15(19)10-16/h2-10H,1H3/b17-9-. The molecule has 2 aromatic rings. The van der Waals surface area contributed by atoms with Crippen LogP contribution in [0.15, 0.2) is 59.2 Å². The van der Waals surface area contributed by atoms with Gasteiger partial charge in [-0.15, -0.1) is 0 Å². The molecule has 3 rings (SSSR count).